The molecule has 5 heteroatoms. The molecule has 0 atom stereocenters. The number of fused-ring (bicyclic) bond motifs is 1. The molecule has 0 N–H and O–H groups in total. The van der Waals surface area contributed by atoms with Gasteiger partial charge in [-0.2, -0.15) is 0 Å². The van der Waals surface area contributed by atoms with Gasteiger partial charge in [-0.05, 0) is 43.8 Å². The van der Waals surface area contributed by atoms with E-state index < -0.39 is 9.04 Å². The number of aryl methyl sites for hydroxylation is 2. The molecule has 0 saturated heterocycles. The zero-order valence-corrected chi connectivity index (χ0v) is 14.9. The lowest BCUT2D eigenvalue weighted by Crippen LogP contribution is -2.12. The van der Waals surface area contributed by atoms with Crippen LogP contribution in [0.5, 0.6) is 5.75 Å². The fourth-order valence-corrected chi connectivity index (χ4v) is 3.16. The topological polar surface area (TPSA) is 39.4 Å². The number of hydrogen-bond acceptors (Lipinski definition) is 3. The van der Waals surface area contributed by atoms with Crippen LogP contribution in [0, 0.1) is 6.92 Å². The van der Waals surface area contributed by atoms with Crippen LogP contribution in [0.3, 0.4) is 0 Å². The van der Waals surface area contributed by atoms with Crippen LogP contribution in [0.15, 0.2) is 47.5 Å². The van der Waals surface area contributed by atoms with Crippen LogP contribution >= 0.6 is 0 Å². The highest BCUT2D eigenvalue weighted by molar-refractivity contribution is 6.49. The number of aliphatic imine (C=N–C) groups is 1. The van der Waals surface area contributed by atoms with Gasteiger partial charge >= 0.3 is 0 Å². The summed E-state index contributed by atoms with van der Waals surface area (Å²) in [7, 11) is 1.17. The average Bonchev–Trinajstić information content (AvgIpc) is 2.84. The molecule has 1 aromatic heterocycles. The molecule has 0 amide bonds. The van der Waals surface area contributed by atoms with Crippen LogP contribution in [0.25, 0.3) is 11.0 Å². The van der Waals surface area contributed by atoms with E-state index in [1.807, 2.05) is 54.9 Å². The van der Waals surface area contributed by atoms with Crippen LogP contribution in [0.2, 0.25) is 13.1 Å². The molecule has 0 aliphatic heterocycles. The summed E-state index contributed by atoms with van der Waals surface area (Å²) in [6.45, 7) is 6.29. The van der Waals surface area contributed by atoms with E-state index in [9.17, 15) is 0 Å². The van der Waals surface area contributed by atoms with Gasteiger partial charge in [0, 0.05) is 7.05 Å². The molecule has 0 unspecified atom stereocenters. The lowest BCUT2D eigenvalue weighted by molar-refractivity contribution is 0.577. The van der Waals surface area contributed by atoms with Crippen LogP contribution in [0.1, 0.15) is 11.4 Å². The Morgan fingerprint density at radius 1 is 1.13 bits per heavy atom. The molecule has 0 bridgehead atoms. The summed E-state index contributed by atoms with van der Waals surface area (Å²) >= 11 is 0. The van der Waals surface area contributed by atoms with Crippen molar-refractivity contribution in [1.82, 2.24) is 9.55 Å². The zero-order chi connectivity index (χ0) is 16.4. The van der Waals surface area contributed by atoms with E-state index >= 15 is 0 Å². The Labute approximate surface area is 138 Å². The molecular formula is C18H20N3OSi. The van der Waals surface area contributed by atoms with Crippen molar-refractivity contribution in [3.8, 4) is 5.75 Å². The van der Waals surface area contributed by atoms with E-state index in [2.05, 4.69) is 29.1 Å². The predicted octanol–water partition coefficient (Wildman–Crippen LogP) is 4.26. The summed E-state index contributed by atoms with van der Waals surface area (Å²) in [5, 5.41) is 0. The number of aromatic nitrogens is 2. The Kier molecular flexibility index (Phi) is 4.30. The summed E-state index contributed by atoms with van der Waals surface area (Å²) < 4.78 is 8.06. The summed E-state index contributed by atoms with van der Waals surface area (Å²) in [6, 6.07) is 14.1. The van der Waals surface area contributed by atoms with Gasteiger partial charge < -0.3 is 8.99 Å². The average molecular weight is 322 g/mol. The number of hydrogen-bond donors (Lipinski definition) is 0. The molecule has 1 radical (unpaired) electrons. The summed E-state index contributed by atoms with van der Waals surface area (Å²) in [5.41, 5.74) is 4.03. The minimum absolute atomic E-state index is 0.831. The first kappa shape index (κ1) is 15.5. The molecule has 0 aliphatic carbocycles. The van der Waals surface area contributed by atoms with Crippen LogP contribution < -0.4 is 4.43 Å². The fourth-order valence-electron chi connectivity index (χ4n) is 2.48. The first-order valence-electron chi connectivity index (χ1n) is 7.59. The Morgan fingerprint density at radius 3 is 2.65 bits per heavy atom. The summed E-state index contributed by atoms with van der Waals surface area (Å²) in [6.07, 6.45) is 1.80. The van der Waals surface area contributed by atoms with Crippen molar-refractivity contribution in [3.63, 3.8) is 0 Å². The maximum Gasteiger partial charge on any atom is 0.274 e. The minimum Gasteiger partial charge on any atom is -0.541 e. The maximum absolute atomic E-state index is 6.01. The van der Waals surface area contributed by atoms with E-state index in [1.54, 1.807) is 6.21 Å². The second kappa shape index (κ2) is 6.38. The summed E-state index contributed by atoms with van der Waals surface area (Å²) in [5.74, 6) is 1.71. The molecule has 3 rings (SSSR count). The molecular weight excluding hydrogens is 302 g/mol. The van der Waals surface area contributed by atoms with Crippen molar-refractivity contribution in [3.05, 3.63) is 53.9 Å². The second-order valence-corrected chi connectivity index (χ2v) is 7.73. The molecule has 23 heavy (non-hydrogen) atoms. The summed E-state index contributed by atoms with van der Waals surface area (Å²) in [4.78, 5) is 9.25. The van der Waals surface area contributed by atoms with Gasteiger partial charge in [0.05, 0.1) is 17.2 Å². The normalized spacial score (nSPS) is 11.7. The highest BCUT2D eigenvalue weighted by Crippen LogP contribution is 2.31. The number of para-hydroxylation sites is 3. The largest absolute Gasteiger partial charge is 0.541 e. The van der Waals surface area contributed by atoms with Gasteiger partial charge in [0.1, 0.15) is 11.4 Å². The van der Waals surface area contributed by atoms with Crippen molar-refractivity contribution in [2.45, 2.75) is 20.0 Å². The maximum atomic E-state index is 6.01. The highest BCUT2D eigenvalue weighted by atomic mass is 28.3. The molecule has 2 aromatic carbocycles. The third-order valence-electron chi connectivity index (χ3n) is 3.64. The molecule has 4 nitrogen and oxygen atoms in total. The number of rotatable bonds is 4. The zero-order valence-electron chi connectivity index (χ0n) is 13.9. The van der Waals surface area contributed by atoms with Gasteiger partial charge in [-0.25, -0.2) is 9.98 Å². The third-order valence-corrected chi connectivity index (χ3v) is 4.25. The van der Waals surface area contributed by atoms with Crippen molar-refractivity contribution in [1.29, 1.82) is 0 Å². The van der Waals surface area contributed by atoms with E-state index in [1.165, 1.54) is 0 Å². The Hall–Kier alpha value is -2.40. The Bertz CT molecular complexity index is 868. The molecule has 1 heterocycles. The van der Waals surface area contributed by atoms with Crippen molar-refractivity contribution in [2.24, 2.45) is 12.0 Å². The minimum atomic E-state index is -0.836. The lowest BCUT2D eigenvalue weighted by atomic mass is 10.2. The van der Waals surface area contributed by atoms with Crippen molar-refractivity contribution >= 4 is 32.0 Å². The standard InChI is InChI=1S/C18H20N3OSi/c1-13-8-7-10-15(18(13)22-23(3)4)19-12-17-20-14-9-5-6-11-16(14)21(17)2/h5-12H,1-4H3. The molecule has 3 aromatic rings. The van der Waals surface area contributed by atoms with Gasteiger partial charge in [0.2, 0.25) is 0 Å². The molecule has 0 saturated carbocycles. The lowest BCUT2D eigenvalue weighted by Gasteiger charge is -2.13. The van der Waals surface area contributed by atoms with E-state index in [0.717, 1.165) is 33.9 Å². The van der Waals surface area contributed by atoms with Crippen molar-refractivity contribution < 1.29 is 4.43 Å². The highest BCUT2D eigenvalue weighted by Gasteiger charge is 2.10. The van der Waals surface area contributed by atoms with Gasteiger partial charge in [-0.15, -0.1) is 0 Å². The van der Waals surface area contributed by atoms with Gasteiger partial charge in [0.25, 0.3) is 9.04 Å². The Balaban J connectivity index is 1.99. The van der Waals surface area contributed by atoms with Gasteiger partial charge in [-0.1, -0.05) is 24.3 Å². The SMILES string of the molecule is Cc1cccc(N=Cc2nc3ccccc3n2C)c1O[Si](C)C. The molecule has 0 aliphatic rings. The van der Waals surface area contributed by atoms with Gasteiger partial charge in [-0.3, -0.25) is 0 Å². The fraction of sp³-hybridized carbons (Fsp3) is 0.222. The van der Waals surface area contributed by atoms with E-state index in [0.29, 0.717) is 0 Å². The molecule has 0 spiro atoms. The smallest absolute Gasteiger partial charge is 0.274 e. The third kappa shape index (κ3) is 3.19. The van der Waals surface area contributed by atoms with Gasteiger partial charge in [0.15, 0.2) is 5.82 Å². The quantitative estimate of drug-likeness (QED) is 0.532. The Morgan fingerprint density at radius 2 is 1.91 bits per heavy atom. The monoisotopic (exact) mass is 322 g/mol. The first-order chi connectivity index (χ1) is 11.1. The number of imidazole rings is 1. The van der Waals surface area contributed by atoms with Crippen molar-refractivity contribution in [2.75, 3.05) is 0 Å². The van der Waals surface area contributed by atoms with E-state index in [4.69, 9.17) is 4.43 Å². The second-order valence-electron chi connectivity index (χ2n) is 5.71. The van der Waals surface area contributed by atoms with Crippen LogP contribution in [-0.4, -0.2) is 24.8 Å². The number of benzene rings is 2. The van der Waals surface area contributed by atoms with Crippen LogP contribution in [0.4, 0.5) is 5.69 Å². The molecule has 117 valence electrons. The van der Waals surface area contributed by atoms with E-state index in [-0.39, 0.29) is 0 Å². The molecule has 0 fully saturated rings. The first-order valence-corrected chi connectivity index (χ1v) is 10.00. The van der Waals surface area contributed by atoms with Crippen LogP contribution in [-0.2, 0) is 7.05 Å². The predicted molar refractivity (Wildman–Crippen MR) is 97.3 cm³/mol. The number of nitrogens with zero attached hydrogens (tertiary/aromatic N) is 3.